The summed E-state index contributed by atoms with van der Waals surface area (Å²) in [5, 5.41) is 8.89. The largest absolute Gasteiger partial charge is 0.494 e. The van der Waals surface area contributed by atoms with E-state index in [-0.39, 0.29) is 24.1 Å². The van der Waals surface area contributed by atoms with Crippen LogP contribution in [0, 0.1) is 11.7 Å². The molecule has 1 fully saturated rings. The van der Waals surface area contributed by atoms with Crippen molar-refractivity contribution >= 4 is 18.4 Å². The fourth-order valence-electron chi connectivity index (χ4n) is 2.25. The van der Waals surface area contributed by atoms with Crippen molar-refractivity contribution in [3.05, 3.63) is 30.1 Å². The van der Waals surface area contributed by atoms with E-state index in [0.29, 0.717) is 18.9 Å². The molecule has 1 unspecified atom stereocenters. The van der Waals surface area contributed by atoms with E-state index in [0.717, 1.165) is 25.9 Å². The van der Waals surface area contributed by atoms with Crippen LogP contribution in [-0.2, 0) is 4.79 Å². The van der Waals surface area contributed by atoms with E-state index in [1.165, 1.54) is 12.1 Å². The lowest BCUT2D eigenvalue weighted by Crippen LogP contribution is -2.25. The standard InChI is InChI=1S/C14H18FNO3.ClH/c15-12-2-4-13(5-3-12)19-9-1-7-16-8-6-11(10-16)14(17)18;/h2-5,11H,1,6-10H2,(H,17,18);1H. The molecular weight excluding hydrogens is 285 g/mol. The van der Waals surface area contributed by atoms with E-state index in [1.54, 1.807) is 12.1 Å². The Bertz CT molecular complexity index is 427. The number of carbonyl (C=O) groups is 1. The van der Waals surface area contributed by atoms with Crippen molar-refractivity contribution in [3.63, 3.8) is 0 Å². The maximum absolute atomic E-state index is 12.7. The van der Waals surface area contributed by atoms with Gasteiger partial charge in [-0.05, 0) is 43.7 Å². The van der Waals surface area contributed by atoms with Crippen molar-refractivity contribution in [2.45, 2.75) is 12.8 Å². The fraction of sp³-hybridized carbons (Fsp3) is 0.500. The van der Waals surface area contributed by atoms with Gasteiger partial charge in [-0.2, -0.15) is 0 Å². The smallest absolute Gasteiger partial charge is 0.307 e. The number of halogens is 2. The van der Waals surface area contributed by atoms with E-state index in [1.807, 2.05) is 0 Å². The highest BCUT2D eigenvalue weighted by Crippen LogP contribution is 2.16. The van der Waals surface area contributed by atoms with Crippen LogP contribution in [0.2, 0.25) is 0 Å². The molecule has 112 valence electrons. The first-order valence-electron chi connectivity index (χ1n) is 6.48. The van der Waals surface area contributed by atoms with Crippen LogP contribution in [-0.4, -0.2) is 42.2 Å². The van der Waals surface area contributed by atoms with Crippen molar-refractivity contribution in [2.24, 2.45) is 5.92 Å². The summed E-state index contributed by atoms with van der Waals surface area (Å²) in [6.45, 7) is 2.87. The molecule has 0 aliphatic carbocycles. The number of aliphatic carboxylic acids is 1. The Morgan fingerprint density at radius 3 is 2.70 bits per heavy atom. The summed E-state index contributed by atoms with van der Waals surface area (Å²) in [7, 11) is 0. The van der Waals surface area contributed by atoms with Crippen LogP contribution in [0.25, 0.3) is 0 Å². The first-order chi connectivity index (χ1) is 9.15. The van der Waals surface area contributed by atoms with Gasteiger partial charge in [0.25, 0.3) is 0 Å². The normalized spacial score (nSPS) is 18.6. The Morgan fingerprint density at radius 2 is 2.10 bits per heavy atom. The van der Waals surface area contributed by atoms with Gasteiger partial charge in [0, 0.05) is 13.1 Å². The minimum absolute atomic E-state index is 0. The van der Waals surface area contributed by atoms with Crippen LogP contribution in [0.5, 0.6) is 5.75 Å². The van der Waals surface area contributed by atoms with Gasteiger partial charge in [0.15, 0.2) is 0 Å². The molecule has 1 aromatic carbocycles. The van der Waals surface area contributed by atoms with Gasteiger partial charge in [0.1, 0.15) is 11.6 Å². The number of carboxylic acid groups (broad SMARTS) is 1. The molecule has 0 saturated carbocycles. The molecule has 0 amide bonds. The van der Waals surface area contributed by atoms with E-state index in [9.17, 15) is 9.18 Å². The SMILES string of the molecule is Cl.O=C(O)C1CCN(CCCOc2ccc(F)cc2)C1. The van der Waals surface area contributed by atoms with Crippen molar-refractivity contribution in [1.29, 1.82) is 0 Å². The lowest BCUT2D eigenvalue weighted by molar-refractivity contribution is -0.141. The van der Waals surface area contributed by atoms with Crippen LogP contribution in [0.3, 0.4) is 0 Å². The number of hydrogen-bond acceptors (Lipinski definition) is 3. The quantitative estimate of drug-likeness (QED) is 0.820. The van der Waals surface area contributed by atoms with Gasteiger partial charge in [-0.15, -0.1) is 12.4 Å². The maximum atomic E-state index is 12.7. The Hall–Kier alpha value is -1.33. The van der Waals surface area contributed by atoms with Crippen LogP contribution >= 0.6 is 12.4 Å². The minimum atomic E-state index is -0.704. The third-order valence-electron chi connectivity index (χ3n) is 3.32. The number of hydrogen-bond donors (Lipinski definition) is 1. The summed E-state index contributed by atoms with van der Waals surface area (Å²) in [5.74, 6) is -0.543. The second kappa shape index (κ2) is 8.07. The van der Waals surface area contributed by atoms with Crippen LogP contribution < -0.4 is 4.74 Å². The summed E-state index contributed by atoms with van der Waals surface area (Å²) in [4.78, 5) is 13.0. The van der Waals surface area contributed by atoms with Crippen molar-refractivity contribution in [1.82, 2.24) is 4.90 Å². The first kappa shape index (κ1) is 16.7. The molecule has 0 aromatic heterocycles. The molecule has 1 heterocycles. The molecule has 0 radical (unpaired) electrons. The molecule has 1 aliphatic heterocycles. The molecule has 20 heavy (non-hydrogen) atoms. The fourth-order valence-corrected chi connectivity index (χ4v) is 2.25. The van der Waals surface area contributed by atoms with Crippen LogP contribution in [0.15, 0.2) is 24.3 Å². The summed E-state index contributed by atoms with van der Waals surface area (Å²) in [6.07, 6.45) is 1.57. The topological polar surface area (TPSA) is 49.8 Å². The third-order valence-corrected chi connectivity index (χ3v) is 3.32. The molecular formula is C14H19ClFNO3. The van der Waals surface area contributed by atoms with E-state index >= 15 is 0 Å². The third kappa shape index (κ3) is 4.98. The molecule has 6 heteroatoms. The number of rotatable bonds is 6. The van der Waals surface area contributed by atoms with Gasteiger partial charge >= 0.3 is 5.97 Å². The summed E-state index contributed by atoms with van der Waals surface area (Å²) >= 11 is 0. The zero-order valence-electron chi connectivity index (χ0n) is 11.1. The Labute approximate surface area is 123 Å². The Kier molecular flexibility index (Phi) is 6.75. The van der Waals surface area contributed by atoms with Crippen LogP contribution in [0.1, 0.15) is 12.8 Å². The lowest BCUT2D eigenvalue weighted by Gasteiger charge is -2.15. The second-order valence-electron chi connectivity index (χ2n) is 4.78. The number of likely N-dealkylation sites (tertiary alicyclic amines) is 1. The number of nitrogens with zero attached hydrogens (tertiary/aromatic N) is 1. The van der Waals surface area contributed by atoms with E-state index in [2.05, 4.69) is 4.90 Å². The zero-order chi connectivity index (χ0) is 13.7. The van der Waals surface area contributed by atoms with Gasteiger partial charge in [0.05, 0.1) is 12.5 Å². The van der Waals surface area contributed by atoms with Crippen molar-refractivity contribution in [2.75, 3.05) is 26.2 Å². The van der Waals surface area contributed by atoms with Gasteiger partial charge < -0.3 is 14.7 Å². The van der Waals surface area contributed by atoms with Gasteiger partial charge in [-0.1, -0.05) is 0 Å². The zero-order valence-corrected chi connectivity index (χ0v) is 11.9. The van der Waals surface area contributed by atoms with Gasteiger partial charge in [-0.3, -0.25) is 4.79 Å². The molecule has 4 nitrogen and oxygen atoms in total. The van der Waals surface area contributed by atoms with E-state index in [4.69, 9.17) is 9.84 Å². The predicted octanol–water partition coefficient (Wildman–Crippen LogP) is 2.42. The Balaban J connectivity index is 0.00000200. The predicted molar refractivity (Wildman–Crippen MR) is 75.9 cm³/mol. The molecule has 0 spiro atoms. The van der Waals surface area contributed by atoms with Gasteiger partial charge in [0.2, 0.25) is 0 Å². The number of carboxylic acids is 1. The summed E-state index contributed by atoms with van der Waals surface area (Å²) in [5.41, 5.74) is 0. The summed E-state index contributed by atoms with van der Waals surface area (Å²) in [6, 6.07) is 5.94. The average Bonchev–Trinajstić information content (AvgIpc) is 2.86. The minimum Gasteiger partial charge on any atom is -0.494 e. The molecule has 2 rings (SSSR count). The van der Waals surface area contributed by atoms with E-state index < -0.39 is 5.97 Å². The molecule has 1 saturated heterocycles. The maximum Gasteiger partial charge on any atom is 0.307 e. The van der Waals surface area contributed by atoms with Crippen molar-refractivity contribution < 1.29 is 19.0 Å². The average molecular weight is 304 g/mol. The lowest BCUT2D eigenvalue weighted by atomic mass is 10.1. The van der Waals surface area contributed by atoms with Gasteiger partial charge in [-0.25, -0.2) is 4.39 Å². The Morgan fingerprint density at radius 1 is 1.40 bits per heavy atom. The highest BCUT2D eigenvalue weighted by Gasteiger charge is 2.27. The molecule has 1 aliphatic rings. The molecule has 1 atom stereocenters. The molecule has 1 N–H and O–H groups in total. The monoisotopic (exact) mass is 303 g/mol. The number of ether oxygens (including phenoxy) is 1. The molecule has 1 aromatic rings. The summed E-state index contributed by atoms with van der Waals surface area (Å²) < 4.78 is 18.2. The second-order valence-corrected chi connectivity index (χ2v) is 4.78. The van der Waals surface area contributed by atoms with Crippen molar-refractivity contribution in [3.8, 4) is 5.75 Å². The highest BCUT2D eigenvalue weighted by atomic mass is 35.5. The first-order valence-corrected chi connectivity index (χ1v) is 6.48. The van der Waals surface area contributed by atoms with Crippen LogP contribution in [0.4, 0.5) is 4.39 Å². The molecule has 0 bridgehead atoms. The highest BCUT2D eigenvalue weighted by molar-refractivity contribution is 5.85. The number of benzene rings is 1.